The number of carbonyl (C=O) groups excluding carboxylic acids is 2. The number of hydrogen-bond donors (Lipinski definition) is 2. The summed E-state index contributed by atoms with van der Waals surface area (Å²) < 4.78 is 0. The zero-order chi connectivity index (χ0) is 27.8. The third kappa shape index (κ3) is 2.75. The molecule has 4 heteroatoms. The Balaban J connectivity index is 1.86. The van der Waals surface area contributed by atoms with Crippen LogP contribution in [0.15, 0.2) is 121 Å². The lowest BCUT2D eigenvalue weighted by Gasteiger charge is -2.61. The molecule has 4 bridgehead atoms. The van der Waals surface area contributed by atoms with E-state index >= 15 is 0 Å². The summed E-state index contributed by atoms with van der Waals surface area (Å²) in [5.74, 6) is -1.13. The van der Waals surface area contributed by atoms with Gasteiger partial charge in [0.05, 0.1) is 10.8 Å². The predicted molar refractivity (Wildman–Crippen MR) is 154 cm³/mol. The average Bonchev–Trinajstić information content (AvgIpc) is 2.93. The molecule has 4 aromatic rings. The molecule has 6 aliphatic carbocycles. The molecular weight excluding hydrogens is 496 g/mol. The fourth-order valence-corrected chi connectivity index (χ4v) is 8.13. The van der Waals surface area contributed by atoms with E-state index < -0.39 is 10.8 Å². The van der Waals surface area contributed by atoms with Gasteiger partial charge in [-0.1, -0.05) is 97.1 Å². The van der Waals surface area contributed by atoms with Crippen molar-refractivity contribution in [3.63, 3.8) is 0 Å². The first-order valence-corrected chi connectivity index (χ1v) is 13.6. The molecule has 0 heterocycles. The molecule has 0 aliphatic heterocycles. The SMILES string of the molecule is CC(=O)/C=C(\O)C12c3ccccc3C(c3ccccc31)C1c3ccccc3C2(/C(O)=C/C(C)=O)c2ccccc21. The van der Waals surface area contributed by atoms with Crippen molar-refractivity contribution in [2.75, 3.05) is 0 Å². The van der Waals surface area contributed by atoms with Gasteiger partial charge in [-0.25, -0.2) is 0 Å². The lowest BCUT2D eigenvalue weighted by Crippen LogP contribution is -2.60. The Morgan fingerprint density at radius 1 is 0.525 bits per heavy atom. The lowest BCUT2D eigenvalue weighted by atomic mass is 9.39. The van der Waals surface area contributed by atoms with Crippen LogP contribution in [0.2, 0.25) is 0 Å². The van der Waals surface area contributed by atoms with Crippen molar-refractivity contribution in [1.82, 2.24) is 0 Å². The molecule has 0 aromatic heterocycles. The molecule has 0 radical (unpaired) electrons. The van der Waals surface area contributed by atoms with Gasteiger partial charge < -0.3 is 10.2 Å². The second kappa shape index (κ2) is 8.40. The molecule has 0 atom stereocenters. The van der Waals surface area contributed by atoms with Gasteiger partial charge in [-0.3, -0.25) is 9.59 Å². The van der Waals surface area contributed by atoms with Crippen LogP contribution in [-0.2, 0) is 20.4 Å². The zero-order valence-electron chi connectivity index (χ0n) is 22.3. The van der Waals surface area contributed by atoms with E-state index in [1.54, 1.807) is 0 Å². The van der Waals surface area contributed by atoms with E-state index in [0.717, 1.165) is 44.5 Å². The number of carbonyl (C=O) groups is 2. The van der Waals surface area contributed by atoms with Crippen molar-refractivity contribution >= 4 is 11.6 Å². The molecule has 196 valence electrons. The Morgan fingerprint density at radius 3 is 1.02 bits per heavy atom. The monoisotopic (exact) mass is 524 g/mol. The molecular formula is C36H28O4. The van der Waals surface area contributed by atoms with E-state index in [1.807, 2.05) is 72.8 Å². The summed E-state index contributed by atoms with van der Waals surface area (Å²) in [5, 5.41) is 24.9. The number of allylic oxidation sites excluding steroid dienone is 4. The van der Waals surface area contributed by atoms with E-state index in [2.05, 4.69) is 24.3 Å². The van der Waals surface area contributed by atoms with Crippen molar-refractivity contribution in [2.45, 2.75) is 36.5 Å². The highest BCUT2D eigenvalue weighted by molar-refractivity contribution is 5.91. The highest BCUT2D eigenvalue weighted by Crippen LogP contribution is 2.71. The smallest absolute Gasteiger partial charge is 0.155 e. The van der Waals surface area contributed by atoms with E-state index in [9.17, 15) is 19.8 Å². The molecule has 0 unspecified atom stereocenters. The number of aliphatic hydroxyl groups is 2. The maximum atomic E-state index is 12.7. The molecule has 40 heavy (non-hydrogen) atoms. The standard InChI is InChI=1S/C36H28O4/c1-21(37)19-31(39)35-27-15-7-3-11-23(27)33(24-12-4-8-16-28(24)35)34-25-13-5-9-17-29(25)36(35,32(40)20-22(2)38)30-18-10-6-14-26(30)34/h3-20,33-34,39-40H,1-2H3/b31-19-,32-20-. The maximum Gasteiger partial charge on any atom is 0.155 e. The summed E-state index contributed by atoms with van der Waals surface area (Å²) in [7, 11) is 0. The minimum atomic E-state index is -1.46. The number of rotatable bonds is 4. The van der Waals surface area contributed by atoms with Gasteiger partial charge in [0.25, 0.3) is 0 Å². The van der Waals surface area contributed by atoms with Crippen LogP contribution in [0.3, 0.4) is 0 Å². The summed E-state index contributed by atoms with van der Waals surface area (Å²) in [6, 6.07) is 32.1. The van der Waals surface area contributed by atoms with Crippen molar-refractivity contribution in [3.8, 4) is 0 Å². The highest BCUT2D eigenvalue weighted by atomic mass is 16.3. The fourth-order valence-electron chi connectivity index (χ4n) is 8.13. The van der Waals surface area contributed by atoms with Gasteiger partial charge >= 0.3 is 0 Å². The highest BCUT2D eigenvalue weighted by Gasteiger charge is 2.69. The molecule has 0 saturated carbocycles. The van der Waals surface area contributed by atoms with E-state index in [1.165, 1.54) is 26.0 Å². The van der Waals surface area contributed by atoms with E-state index in [-0.39, 0.29) is 34.9 Å². The molecule has 4 nitrogen and oxygen atoms in total. The first-order chi connectivity index (χ1) is 19.3. The minimum Gasteiger partial charge on any atom is -0.511 e. The van der Waals surface area contributed by atoms with Gasteiger partial charge in [0.1, 0.15) is 11.5 Å². The van der Waals surface area contributed by atoms with E-state index in [4.69, 9.17) is 0 Å². The van der Waals surface area contributed by atoms with Crippen LogP contribution in [0.25, 0.3) is 0 Å². The molecule has 0 fully saturated rings. The second-order valence-electron chi connectivity index (χ2n) is 11.1. The number of benzene rings is 4. The normalized spacial score (nSPS) is 25.6. The lowest BCUT2D eigenvalue weighted by molar-refractivity contribution is -0.113. The van der Waals surface area contributed by atoms with Crippen LogP contribution < -0.4 is 0 Å². The molecule has 0 spiro atoms. The van der Waals surface area contributed by atoms with Crippen molar-refractivity contribution in [1.29, 1.82) is 0 Å². The Morgan fingerprint density at radius 2 is 0.775 bits per heavy atom. The summed E-state index contributed by atoms with van der Waals surface area (Å²) in [5.41, 5.74) is 4.43. The molecule has 6 aliphatic rings. The van der Waals surface area contributed by atoms with Crippen molar-refractivity contribution in [3.05, 3.63) is 165 Å². The van der Waals surface area contributed by atoms with Crippen molar-refractivity contribution < 1.29 is 19.8 Å². The molecule has 0 amide bonds. The van der Waals surface area contributed by atoms with Crippen LogP contribution in [0.5, 0.6) is 0 Å². The van der Waals surface area contributed by atoms with Crippen LogP contribution in [0.4, 0.5) is 0 Å². The molecule has 0 saturated heterocycles. The number of hydrogen-bond acceptors (Lipinski definition) is 4. The number of aliphatic hydroxyl groups excluding tert-OH is 2. The van der Waals surface area contributed by atoms with Crippen LogP contribution >= 0.6 is 0 Å². The third-order valence-corrected chi connectivity index (χ3v) is 9.14. The first kappa shape index (κ1) is 24.3. The zero-order valence-corrected chi connectivity index (χ0v) is 22.3. The molecule has 10 rings (SSSR count). The largest absolute Gasteiger partial charge is 0.511 e. The van der Waals surface area contributed by atoms with Gasteiger partial charge in [0.2, 0.25) is 0 Å². The van der Waals surface area contributed by atoms with Crippen LogP contribution in [0, 0.1) is 0 Å². The fraction of sp³-hybridized carbons (Fsp3) is 0.167. The van der Waals surface area contributed by atoms with Gasteiger partial charge in [0.15, 0.2) is 11.6 Å². The summed E-state index contributed by atoms with van der Waals surface area (Å²) in [6.45, 7) is 2.83. The Hall–Kier alpha value is -4.70. The van der Waals surface area contributed by atoms with E-state index in [0.29, 0.717) is 0 Å². The topological polar surface area (TPSA) is 74.6 Å². The van der Waals surface area contributed by atoms with Crippen molar-refractivity contribution in [2.24, 2.45) is 0 Å². The Kier molecular flexibility index (Phi) is 5.11. The average molecular weight is 525 g/mol. The number of ketones is 2. The summed E-state index contributed by atoms with van der Waals surface area (Å²) in [6.07, 6.45) is 2.55. The van der Waals surface area contributed by atoms with Gasteiger partial charge in [-0.2, -0.15) is 0 Å². The predicted octanol–water partition coefficient (Wildman–Crippen LogP) is 6.93. The molecule has 4 aromatic carbocycles. The summed E-state index contributed by atoms with van der Waals surface area (Å²) >= 11 is 0. The quantitative estimate of drug-likeness (QED) is 0.224. The minimum absolute atomic E-state index is 0.0785. The molecule has 2 N–H and O–H groups in total. The third-order valence-electron chi connectivity index (χ3n) is 9.14. The van der Waals surface area contributed by atoms with Gasteiger partial charge in [0, 0.05) is 24.0 Å². The van der Waals surface area contributed by atoms with Gasteiger partial charge in [-0.15, -0.1) is 0 Å². The maximum absolute atomic E-state index is 12.7. The van der Waals surface area contributed by atoms with Gasteiger partial charge in [-0.05, 0) is 58.4 Å². The Bertz CT molecular complexity index is 1580. The first-order valence-electron chi connectivity index (χ1n) is 13.6. The Labute approximate surface area is 232 Å². The summed E-state index contributed by atoms with van der Waals surface area (Å²) in [4.78, 5) is 25.5. The second-order valence-corrected chi connectivity index (χ2v) is 11.1. The van der Waals surface area contributed by atoms with Crippen LogP contribution in [-0.4, -0.2) is 21.8 Å². The van der Waals surface area contributed by atoms with Crippen LogP contribution in [0.1, 0.15) is 70.2 Å².